The highest BCUT2D eigenvalue weighted by Crippen LogP contribution is 2.28. The van der Waals surface area contributed by atoms with Crippen LogP contribution in [0.4, 0.5) is 11.6 Å². The number of carbonyl (C=O) groups excluding carboxylic acids is 1. The van der Waals surface area contributed by atoms with Gasteiger partial charge in [-0.2, -0.15) is 0 Å². The van der Waals surface area contributed by atoms with E-state index in [0.29, 0.717) is 48.6 Å². The summed E-state index contributed by atoms with van der Waals surface area (Å²) in [5, 5.41) is 3.52. The van der Waals surface area contributed by atoms with Crippen LogP contribution in [0.3, 0.4) is 0 Å². The number of methoxy groups -OCH3 is 1. The quantitative estimate of drug-likeness (QED) is 0.914. The van der Waals surface area contributed by atoms with Gasteiger partial charge in [0.05, 0.1) is 30.9 Å². The SMILES string of the molecule is COc1ccc(Nc2ncc(C(=O)N3CCOCC3)cn2)cc1Cl. The summed E-state index contributed by atoms with van der Waals surface area (Å²) in [6, 6.07) is 5.28. The number of amides is 1. The summed E-state index contributed by atoms with van der Waals surface area (Å²) in [6.45, 7) is 2.29. The Morgan fingerprint density at radius 2 is 2.00 bits per heavy atom. The summed E-state index contributed by atoms with van der Waals surface area (Å²) in [5.74, 6) is 0.890. The van der Waals surface area contributed by atoms with Gasteiger partial charge >= 0.3 is 0 Å². The third-order valence-corrected chi connectivity index (χ3v) is 3.90. The van der Waals surface area contributed by atoms with Gasteiger partial charge in [-0.3, -0.25) is 4.79 Å². The van der Waals surface area contributed by atoms with Crippen molar-refractivity contribution >= 4 is 29.1 Å². The molecule has 0 saturated carbocycles. The number of carbonyl (C=O) groups is 1. The van der Waals surface area contributed by atoms with Gasteiger partial charge in [0.15, 0.2) is 0 Å². The number of anilines is 2. The molecule has 7 nitrogen and oxygen atoms in total. The number of hydrogen-bond donors (Lipinski definition) is 1. The van der Waals surface area contributed by atoms with E-state index in [4.69, 9.17) is 21.1 Å². The smallest absolute Gasteiger partial charge is 0.257 e. The van der Waals surface area contributed by atoms with Crippen LogP contribution in [0.25, 0.3) is 0 Å². The average molecular weight is 349 g/mol. The van der Waals surface area contributed by atoms with Gasteiger partial charge in [0.1, 0.15) is 5.75 Å². The van der Waals surface area contributed by atoms with E-state index in [0.717, 1.165) is 5.69 Å². The average Bonchev–Trinajstić information content (AvgIpc) is 2.63. The topological polar surface area (TPSA) is 76.6 Å². The molecule has 0 unspecified atom stereocenters. The third-order valence-electron chi connectivity index (χ3n) is 3.61. The van der Waals surface area contributed by atoms with E-state index in [-0.39, 0.29) is 5.91 Å². The molecule has 1 amide bonds. The Balaban J connectivity index is 1.68. The van der Waals surface area contributed by atoms with Crippen molar-refractivity contribution in [3.05, 3.63) is 41.2 Å². The molecule has 1 saturated heterocycles. The fraction of sp³-hybridized carbons (Fsp3) is 0.312. The summed E-state index contributed by atoms with van der Waals surface area (Å²) in [4.78, 5) is 22.4. The molecule has 2 heterocycles. The Morgan fingerprint density at radius 3 is 2.62 bits per heavy atom. The molecule has 1 aliphatic heterocycles. The summed E-state index contributed by atoms with van der Waals surface area (Å²) in [6.07, 6.45) is 3.02. The van der Waals surface area contributed by atoms with Crippen LogP contribution in [0.5, 0.6) is 5.75 Å². The maximum atomic E-state index is 12.3. The number of halogens is 1. The van der Waals surface area contributed by atoms with Crippen LogP contribution < -0.4 is 10.1 Å². The molecule has 126 valence electrons. The maximum Gasteiger partial charge on any atom is 0.257 e. The van der Waals surface area contributed by atoms with Crippen molar-refractivity contribution in [2.45, 2.75) is 0 Å². The van der Waals surface area contributed by atoms with Gasteiger partial charge in [-0.25, -0.2) is 9.97 Å². The summed E-state index contributed by atoms with van der Waals surface area (Å²) >= 11 is 6.08. The molecular formula is C16H17ClN4O3. The molecule has 3 rings (SSSR count). The number of aromatic nitrogens is 2. The molecule has 0 atom stereocenters. The molecule has 24 heavy (non-hydrogen) atoms. The molecule has 0 bridgehead atoms. The van der Waals surface area contributed by atoms with Crippen LogP contribution >= 0.6 is 11.6 Å². The van der Waals surface area contributed by atoms with Crippen molar-refractivity contribution in [1.82, 2.24) is 14.9 Å². The number of benzene rings is 1. The minimum absolute atomic E-state index is 0.0858. The fourth-order valence-corrected chi connectivity index (χ4v) is 2.58. The van der Waals surface area contributed by atoms with Gasteiger partial charge in [-0.05, 0) is 18.2 Å². The van der Waals surface area contributed by atoms with Crippen LogP contribution in [0, 0.1) is 0 Å². The molecule has 1 N–H and O–H groups in total. The number of morpholine rings is 1. The van der Waals surface area contributed by atoms with E-state index >= 15 is 0 Å². The Kier molecular flexibility index (Phi) is 5.12. The van der Waals surface area contributed by atoms with Crippen molar-refractivity contribution < 1.29 is 14.3 Å². The normalized spacial score (nSPS) is 14.3. The number of nitrogens with one attached hydrogen (secondary N) is 1. The predicted octanol–water partition coefficient (Wildman–Crippen LogP) is 2.35. The summed E-state index contributed by atoms with van der Waals surface area (Å²) in [7, 11) is 1.56. The second-order valence-corrected chi connectivity index (χ2v) is 5.58. The lowest BCUT2D eigenvalue weighted by atomic mass is 10.2. The maximum absolute atomic E-state index is 12.3. The van der Waals surface area contributed by atoms with Gasteiger partial charge in [-0.15, -0.1) is 0 Å². The number of ether oxygens (including phenoxy) is 2. The van der Waals surface area contributed by atoms with Crippen molar-refractivity contribution in [2.24, 2.45) is 0 Å². The Morgan fingerprint density at radius 1 is 1.29 bits per heavy atom. The second-order valence-electron chi connectivity index (χ2n) is 5.17. The van der Waals surface area contributed by atoms with Crippen LogP contribution in [0.2, 0.25) is 5.02 Å². The van der Waals surface area contributed by atoms with E-state index in [1.165, 1.54) is 12.4 Å². The lowest BCUT2D eigenvalue weighted by Crippen LogP contribution is -2.40. The first-order valence-corrected chi connectivity index (χ1v) is 7.85. The zero-order valence-electron chi connectivity index (χ0n) is 13.2. The van der Waals surface area contributed by atoms with Gasteiger partial charge in [0.25, 0.3) is 5.91 Å². The lowest BCUT2D eigenvalue weighted by Gasteiger charge is -2.26. The van der Waals surface area contributed by atoms with Crippen molar-refractivity contribution in [2.75, 3.05) is 38.7 Å². The van der Waals surface area contributed by atoms with Gasteiger partial charge in [0, 0.05) is 31.2 Å². The van der Waals surface area contributed by atoms with E-state index in [2.05, 4.69) is 15.3 Å². The van der Waals surface area contributed by atoms with Gasteiger partial charge in [-0.1, -0.05) is 11.6 Å². The number of rotatable bonds is 4. The third kappa shape index (κ3) is 3.74. The zero-order chi connectivity index (χ0) is 16.9. The highest BCUT2D eigenvalue weighted by atomic mass is 35.5. The second kappa shape index (κ2) is 7.46. The van der Waals surface area contributed by atoms with Crippen molar-refractivity contribution in [1.29, 1.82) is 0 Å². The van der Waals surface area contributed by atoms with E-state index in [1.807, 2.05) is 0 Å². The van der Waals surface area contributed by atoms with Crippen molar-refractivity contribution in [3.8, 4) is 5.75 Å². The van der Waals surface area contributed by atoms with Crippen LogP contribution in [0.15, 0.2) is 30.6 Å². The molecule has 1 fully saturated rings. The van der Waals surface area contributed by atoms with Crippen LogP contribution in [-0.4, -0.2) is 54.2 Å². The Labute approximate surface area is 144 Å². The van der Waals surface area contributed by atoms with E-state index < -0.39 is 0 Å². The molecule has 1 aromatic heterocycles. The molecular weight excluding hydrogens is 332 g/mol. The van der Waals surface area contributed by atoms with Gasteiger partial charge in [0.2, 0.25) is 5.95 Å². The molecule has 0 aliphatic carbocycles. The highest BCUT2D eigenvalue weighted by Gasteiger charge is 2.19. The Bertz CT molecular complexity index is 718. The van der Waals surface area contributed by atoms with E-state index in [1.54, 1.807) is 30.2 Å². The first kappa shape index (κ1) is 16.5. The van der Waals surface area contributed by atoms with Crippen LogP contribution in [-0.2, 0) is 4.74 Å². The zero-order valence-corrected chi connectivity index (χ0v) is 13.9. The first-order valence-electron chi connectivity index (χ1n) is 7.47. The number of nitrogens with zero attached hydrogens (tertiary/aromatic N) is 3. The summed E-state index contributed by atoms with van der Waals surface area (Å²) < 4.78 is 10.4. The lowest BCUT2D eigenvalue weighted by molar-refractivity contribution is 0.0302. The molecule has 1 aliphatic rings. The van der Waals surface area contributed by atoms with Crippen LogP contribution in [0.1, 0.15) is 10.4 Å². The minimum atomic E-state index is -0.0858. The molecule has 8 heteroatoms. The minimum Gasteiger partial charge on any atom is -0.495 e. The fourth-order valence-electron chi connectivity index (χ4n) is 2.33. The van der Waals surface area contributed by atoms with E-state index in [9.17, 15) is 4.79 Å². The summed E-state index contributed by atoms with van der Waals surface area (Å²) in [5.41, 5.74) is 1.18. The first-order chi connectivity index (χ1) is 11.7. The predicted molar refractivity (Wildman–Crippen MR) is 90.0 cm³/mol. The monoisotopic (exact) mass is 348 g/mol. The van der Waals surface area contributed by atoms with Crippen molar-refractivity contribution in [3.63, 3.8) is 0 Å². The largest absolute Gasteiger partial charge is 0.495 e. The highest BCUT2D eigenvalue weighted by molar-refractivity contribution is 6.32. The Hall–Kier alpha value is -2.38. The molecule has 0 radical (unpaired) electrons. The standard InChI is InChI=1S/C16H17ClN4O3/c1-23-14-3-2-12(8-13(14)17)20-16-18-9-11(10-19-16)15(22)21-4-6-24-7-5-21/h2-3,8-10H,4-7H2,1H3,(H,18,19,20). The molecule has 0 spiro atoms. The number of hydrogen-bond acceptors (Lipinski definition) is 6. The molecule has 2 aromatic rings. The van der Waals surface area contributed by atoms with Gasteiger partial charge < -0.3 is 19.7 Å². The molecule has 1 aromatic carbocycles.